The standard InChI is InChI=1S/C23H22N4O2S/c28-22-19-13-27(9-8-21(19)25-23(30)26-22)12-16-11-24-20-7-6-17(10-18(16)20)29-14-15-4-2-1-3-5-15/h1-7,10-11,24H,8-9,12-14H2,(H2,25,26,28,30). The van der Waals surface area contributed by atoms with Gasteiger partial charge in [-0.1, -0.05) is 30.3 Å². The van der Waals surface area contributed by atoms with Gasteiger partial charge in [-0.25, -0.2) is 0 Å². The molecule has 0 amide bonds. The molecule has 2 aromatic heterocycles. The van der Waals surface area contributed by atoms with E-state index >= 15 is 0 Å². The molecule has 152 valence electrons. The minimum absolute atomic E-state index is 0.0889. The van der Waals surface area contributed by atoms with Crippen molar-refractivity contribution in [3.05, 3.63) is 92.2 Å². The molecule has 3 N–H and O–H groups in total. The number of nitrogens with zero attached hydrogens (tertiary/aromatic N) is 1. The summed E-state index contributed by atoms with van der Waals surface area (Å²) in [6.45, 7) is 2.78. The fraction of sp³-hybridized carbons (Fsp3) is 0.217. The van der Waals surface area contributed by atoms with Gasteiger partial charge in [-0.3, -0.25) is 14.7 Å². The molecule has 0 bridgehead atoms. The molecule has 4 aromatic rings. The number of hydrogen-bond donors (Lipinski definition) is 3. The molecule has 0 radical (unpaired) electrons. The lowest BCUT2D eigenvalue weighted by Gasteiger charge is -2.27. The van der Waals surface area contributed by atoms with Gasteiger partial charge >= 0.3 is 0 Å². The molecule has 0 saturated carbocycles. The first kappa shape index (κ1) is 18.8. The summed E-state index contributed by atoms with van der Waals surface area (Å²) >= 11 is 5.08. The maximum Gasteiger partial charge on any atom is 0.256 e. The molecular formula is C23H22N4O2S. The van der Waals surface area contributed by atoms with Crippen molar-refractivity contribution in [2.75, 3.05) is 6.54 Å². The highest BCUT2D eigenvalue weighted by Gasteiger charge is 2.20. The summed E-state index contributed by atoms with van der Waals surface area (Å²) in [7, 11) is 0. The van der Waals surface area contributed by atoms with Crippen molar-refractivity contribution in [3.63, 3.8) is 0 Å². The monoisotopic (exact) mass is 418 g/mol. The Balaban J connectivity index is 1.34. The lowest BCUT2D eigenvalue weighted by atomic mass is 10.1. The number of H-pyrrole nitrogens is 3. The number of fused-ring (bicyclic) bond motifs is 2. The third kappa shape index (κ3) is 3.81. The predicted octanol–water partition coefficient (Wildman–Crippen LogP) is 4.05. The second kappa shape index (κ2) is 7.93. The van der Waals surface area contributed by atoms with Gasteiger partial charge < -0.3 is 14.7 Å². The van der Waals surface area contributed by atoms with E-state index in [4.69, 9.17) is 17.0 Å². The lowest BCUT2D eigenvalue weighted by molar-refractivity contribution is 0.242. The Morgan fingerprint density at radius 1 is 1.10 bits per heavy atom. The first-order valence-electron chi connectivity index (χ1n) is 9.99. The van der Waals surface area contributed by atoms with Crippen LogP contribution in [-0.2, 0) is 26.1 Å². The maximum absolute atomic E-state index is 12.3. The zero-order valence-corrected chi connectivity index (χ0v) is 17.2. The van der Waals surface area contributed by atoms with Crippen LogP contribution in [0.5, 0.6) is 5.75 Å². The minimum atomic E-state index is -0.0889. The van der Waals surface area contributed by atoms with Crippen LogP contribution in [0.15, 0.2) is 59.5 Å². The maximum atomic E-state index is 12.3. The topological polar surface area (TPSA) is 76.9 Å². The van der Waals surface area contributed by atoms with Crippen molar-refractivity contribution in [2.24, 2.45) is 0 Å². The van der Waals surface area contributed by atoms with Crippen LogP contribution >= 0.6 is 12.2 Å². The van der Waals surface area contributed by atoms with Crippen molar-refractivity contribution < 1.29 is 4.74 Å². The third-order valence-electron chi connectivity index (χ3n) is 5.57. The summed E-state index contributed by atoms with van der Waals surface area (Å²) in [5.74, 6) is 0.847. The van der Waals surface area contributed by atoms with Gasteiger partial charge in [0.1, 0.15) is 12.4 Å². The number of aromatic nitrogens is 3. The van der Waals surface area contributed by atoms with Gasteiger partial charge in [-0.15, -0.1) is 0 Å². The van der Waals surface area contributed by atoms with E-state index in [0.717, 1.165) is 53.0 Å². The van der Waals surface area contributed by atoms with E-state index < -0.39 is 0 Å². The van der Waals surface area contributed by atoms with Crippen LogP contribution in [0.2, 0.25) is 0 Å². The summed E-state index contributed by atoms with van der Waals surface area (Å²) in [5, 5.41) is 1.15. The second-order valence-electron chi connectivity index (χ2n) is 7.62. The second-order valence-corrected chi connectivity index (χ2v) is 8.03. The average Bonchev–Trinajstić information content (AvgIpc) is 3.15. The van der Waals surface area contributed by atoms with E-state index in [9.17, 15) is 4.79 Å². The van der Waals surface area contributed by atoms with Crippen LogP contribution in [0.1, 0.15) is 22.4 Å². The van der Waals surface area contributed by atoms with Gasteiger partial charge in [-0.2, -0.15) is 0 Å². The van der Waals surface area contributed by atoms with Gasteiger partial charge in [0, 0.05) is 48.8 Å². The molecule has 6 nitrogen and oxygen atoms in total. The van der Waals surface area contributed by atoms with Crippen LogP contribution in [0.3, 0.4) is 0 Å². The number of nitrogens with one attached hydrogen (secondary N) is 3. The van der Waals surface area contributed by atoms with Crippen molar-refractivity contribution in [3.8, 4) is 5.75 Å². The zero-order valence-electron chi connectivity index (χ0n) is 16.4. The Morgan fingerprint density at radius 2 is 1.97 bits per heavy atom. The molecule has 0 aliphatic carbocycles. The molecule has 0 fully saturated rings. The number of aromatic amines is 3. The minimum Gasteiger partial charge on any atom is -0.489 e. The summed E-state index contributed by atoms with van der Waals surface area (Å²) in [6, 6.07) is 16.3. The molecule has 0 spiro atoms. The Morgan fingerprint density at radius 3 is 2.83 bits per heavy atom. The molecule has 1 aliphatic rings. The van der Waals surface area contributed by atoms with Gasteiger partial charge in [0.2, 0.25) is 0 Å². The van der Waals surface area contributed by atoms with E-state index in [-0.39, 0.29) is 5.56 Å². The molecule has 0 unspecified atom stereocenters. The summed E-state index contributed by atoms with van der Waals surface area (Å²) in [6.07, 6.45) is 2.83. The van der Waals surface area contributed by atoms with Gasteiger partial charge in [-0.05, 0) is 41.5 Å². The lowest BCUT2D eigenvalue weighted by Crippen LogP contribution is -2.35. The fourth-order valence-corrected chi connectivity index (χ4v) is 4.22. The number of benzene rings is 2. The van der Waals surface area contributed by atoms with Crippen LogP contribution in [0.4, 0.5) is 0 Å². The molecule has 30 heavy (non-hydrogen) atoms. The predicted molar refractivity (Wildman–Crippen MR) is 119 cm³/mol. The van der Waals surface area contributed by atoms with Crippen molar-refractivity contribution in [2.45, 2.75) is 26.1 Å². The van der Waals surface area contributed by atoms with Crippen LogP contribution in [0, 0.1) is 4.77 Å². The quantitative estimate of drug-likeness (QED) is 0.427. The number of hydrogen-bond acceptors (Lipinski definition) is 4. The van der Waals surface area contributed by atoms with Gasteiger partial charge in [0.25, 0.3) is 5.56 Å². The molecule has 7 heteroatoms. The average molecular weight is 419 g/mol. The van der Waals surface area contributed by atoms with E-state index in [0.29, 0.717) is 17.9 Å². The molecule has 1 aliphatic heterocycles. The van der Waals surface area contributed by atoms with Crippen molar-refractivity contribution >= 4 is 23.1 Å². The Bertz CT molecular complexity index is 1310. The Labute approximate surface area is 178 Å². The molecule has 5 rings (SSSR count). The van der Waals surface area contributed by atoms with Crippen molar-refractivity contribution in [1.82, 2.24) is 19.9 Å². The third-order valence-corrected chi connectivity index (χ3v) is 5.77. The molecule has 3 heterocycles. The fourth-order valence-electron chi connectivity index (χ4n) is 4.01. The number of ether oxygens (including phenoxy) is 1. The largest absolute Gasteiger partial charge is 0.489 e. The van der Waals surface area contributed by atoms with E-state index in [1.165, 1.54) is 5.56 Å². The normalized spacial score (nSPS) is 14.0. The molecule has 0 saturated heterocycles. The summed E-state index contributed by atoms with van der Waals surface area (Å²) in [5.41, 5.74) is 5.06. The Hall–Kier alpha value is -3.16. The smallest absolute Gasteiger partial charge is 0.256 e. The highest BCUT2D eigenvalue weighted by Crippen LogP contribution is 2.26. The highest BCUT2D eigenvalue weighted by molar-refractivity contribution is 7.71. The van der Waals surface area contributed by atoms with Crippen LogP contribution in [-0.4, -0.2) is 26.4 Å². The molecular weight excluding hydrogens is 396 g/mol. The van der Waals surface area contributed by atoms with E-state index in [2.05, 4.69) is 44.1 Å². The first-order chi connectivity index (χ1) is 14.7. The first-order valence-corrected chi connectivity index (χ1v) is 10.4. The zero-order chi connectivity index (χ0) is 20.5. The van der Waals surface area contributed by atoms with Gasteiger partial charge in [0.15, 0.2) is 4.77 Å². The summed E-state index contributed by atoms with van der Waals surface area (Å²) < 4.78 is 6.40. The van der Waals surface area contributed by atoms with Crippen molar-refractivity contribution in [1.29, 1.82) is 0 Å². The SMILES string of the molecule is O=c1[nH]c(=S)[nH]c2c1CN(Cc1c[nH]c3ccc(OCc4ccccc4)cc13)CC2. The molecule has 0 atom stereocenters. The molecule has 2 aromatic carbocycles. The van der Waals surface area contributed by atoms with Crippen LogP contribution in [0.25, 0.3) is 10.9 Å². The number of rotatable bonds is 5. The van der Waals surface area contributed by atoms with Gasteiger partial charge in [0.05, 0.1) is 5.56 Å². The van der Waals surface area contributed by atoms with E-state index in [1.807, 2.05) is 30.5 Å². The van der Waals surface area contributed by atoms with E-state index in [1.54, 1.807) is 0 Å². The highest BCUT2D eigenvalue weighted by atomic mass is 32.1. The van der Waals surface area contributed by atoms with Crippen LogP contribution < -0.4 is 10.3 Å². The summed E-state index contributed by atoms with van der Waals surface area (Å²) in [4.78, 5) is 23.7. The Kier molecular flexibility index (Phi) is 4.98.